The summed E-state index contributed by atoms with van der Waals surface area (Å²) < 4.78 is 26.7. The Balaban J connectivity index is 1.29. The second kappa shape index (κ2) is 8.28. The number of hydrogen-bond donors (Lipinski definition) is 1. The van der Waals surface area contributed by atoms with Crippen molar-refractivity contribution in [3.63, 3.8) is 0 Å². The summed E-state index contributed by atoms with van der Waals surface area (Å²) in [4.78, 5) is 46.0. The Hall–Kier alpha value is -3.66. The van der Waals surface area contributed by atoms with Crippen LogP contribution in [0.15, 0.2) is 47.8 Å². The number of nitrogens with zero attached hydrogens (tertiary/aromatic N) is 3. The first-order chi connectivity index (χ1) is 16.3. The molecule has 3 heterocycles. The van der Waals surface area contributed by atoms with Gasteiger partial charge in [-0.1, -0.05) is 12.1 Å². The van der Waals surface area contributed by atoms with Gasteiger partial charge in [-0.15, -0.1) is 11.3 Å². The third-order valence-electron chi connectivity index (χ3n) is 6.27. The maximum Gasteiger partial charge on any atom is 0.257 e. The molecular weight excluding hydrogens is 462 g/mol. The zero-order chi connectivity index (χ0) is 24.0. The zero-order valence-corrected chi connectivity index (χ0v) is 19.0. The van der Waals surface area contributed by atoms with E-state index in [1.807, 2.05) is 6.92 Å². The van der Waals surface area contributed by atoms with Gasteiger partial charge in [-0.05, 0) is 43.7 Å². The van der Waals surface area contributed by atoms with Crippen molar-refractivity contribution in [1.82, 2.24) is 9.88 Å². The van der Waals surface area contributed by atoms with E-state index in [0.29, 0.717) is 40.5 Å². The molecule has 7 nitrogen and oxygen atoms in total. The predicted octanol–water partition coefficient (Wildman–Crippen LogP) is 4.42. The maximum atomic E-state index is 13.5. The number of halogens is 2. The molecule has 2 aliphatic heterocycles. The number of para-hydroxylation sites is 1. The Labute approximate surface area is 198 Å². The summed E-state index contributed by atoms with van der Waals surface area (Å²) in [6.45, 7) is 1.97. The third kappa shape index (κ3) is 3.63. The quantitative estimate of drug-likeness (QED) is 0.584. The summed E-state index contributed by atoms with van der Waals surface area (Å²) in [5.41, 5.74) is 1.02. The SMILES string of the molecule is CC12CCC(=O)N1c1ccccc1C(=O)N2CCC(=O)Nc1nc(-c2ccc(F)c(F)c2)cs1. The Morgan fingerprint density at radius 2 is 1.97 bits per heavy atom. The fourth-order valence-electron chi connectivity index (χ4n) is 4.56. The average Bonchev–Trinajstić information content (AvgIpc) is 3.40. The summed E-state index contributed by atoms with van der Waals surface area (Å²) in [6.07, 6.45) is 0.815. The number of amides is 3. The molecule has 0 radical (unpaired) electrons. The highest BCUT2D eigenvalue weighted by atomic mass is 32.1. The Morgan fingerprint density at radius 3 is 2.76 bits per heavy atom. The van der Waals surface area contributed by atoms with E-state index >= 15 is 0 Å². The lowest BCUT2D eigenvalue weighted by atomic mass is 9.98. The van der Waals surface area contributed by atoms with Crippen molar-refractivity contribution in [2.75, 3.05) is 16.8 Å². The van der Waals surface area contributed by atoms with Crippen LogP contribution in [0.25, 0.3) is 11.3 Å². The lowest BCUT2D eigenvalue weighted by molar-refractivity contribution is -0.117. The minimum atomic E-state index is -0.975. The summed E-state index contributed by atoms with van der Waals surface area (Å²) in [5.74, 6) is -2.54. The van der Waals surface area contributed by atoms with E-state index in [1.54, 1.807) is 39.4 Å². The summed E-state index contributed by atoms with van der Waals surface area (Å²) >= 11 is 1.16. The molecular formula is C24H20F2N4O3S. The number of rotatable bonds is 5. The number of benzene rings is 2. The van der Waals surface area contributed by atoms with Crippen molar-refractivity contribution >= 4 is 39.9 Å². The van der Waals surface area contributed by atoms with Crippen LogP contribution < -0.4 is 10.2 Å². The molecule has 0 bridgehead atoms. The standard InChI is InChI=1S/C24H20F2N4O3S/c1-24-10-8-21(32)30(24)19-5-3-2-4-15(19)22(33)29(24)11-9-20(31)28-23-27-18(13-34-23)14-6-7-16(25)17(26)12-14/h2-7,12-13H,8-11H2,1H3,(H,27,28,31). The van der Waals surface area contributed by atoms with Crippen molar-refractivity contribution < 1.29 is 23.2 Å². The average molecular weight is 483 g/mol. The van der Waals surface area contributed by atoms with Crippen LogP contribution in [0.3, 0.4) is 0 Å². The van der Waals surface area contributed by atoms with Gasteiger partial charge in [0, 0.05) is 30.3 Å². The number of fused-ring (bicyclic) bond motifs is 3. The fourth-order valence-corrected chi connectivity index (χ4v) is 5.29. The van der Waals surface area contributed by atoms with E-state index < -0.39 is 17.3 Å². The van der Waals surface area contributed by atoms with Crippen molar-refractivity contribution in [1.29, 1.82) is 0 Å². The molecule has 1 atom stereocenters. The van der Waals surface area contributed by atoms with Gasteiger partial charge in [-0.25, -0.2) is 13.8 Å². The van der Waals surface area contributed by atoms with Gasteiger partial charge in [0.1, 0.15) is 5.66 Å². The van der Waals surface area contributed by atoms with Gasteiger partial charge in [-0.3, -0.25) is 19.3 Å². The fraction of sp³-hybridized carbons (Fsp3) is 0.250. The zero-order valence-electron chi connectivity index (χ0n) is 18.2. The first-order valence-corrected chi connectivity index (χ1v) is 11.6. The minimum Gasteiger partial charge on any atom is -0.315 e. The van der Waals surface area contributed by atoms with E-state index in [1.165, 1.54) is 6.07 Å². The molecule has 0 spiro atoms. The molecule has 1 unspecified atom stereocenters. The van der Waals surface area contributed by atoms with Gasteiger partial charge in [0.25, 0.3) is 5.91 Å². The summed E-state index contributed by atoms with van der Waals surface area (Å²) in [7, 11) is 0. The Bertz CT molecular complexity index is 1330. The number of carbonyl (C=O) groups excluding carboxylic acids is 3. The number of anilines is 2. The third-order valence-corrected chi connectivity index (χ3v) is 7.03. The molecule has 2 aromatic carbocycles. The molecule has 3 aromatic rings. The number of nitrogens with one attached hydrogen (secondary N) is 1. The molecule has 0 aliphatic carbocycles. The van der Waals surface area contributed by atoms with Crippen LogP contribution in [0.2, 0.25) is 0 Å². The Morgan fingerprint density at radius 1 is 1.18 bits per heavy atom. The van der Waals surface area contributed by atoms with Crippen LogP contribution in [0.1, 0.15) is 36.5 Å². The first-order valence-electron chi connectivity index (χ1n) is 10.7. The van der Waals surface area contributed by atoms with Crippen molar-refractivity contribution in [3.8, 4) is 11.3 Å². The molecule has 1 saturated heterocycles. The molecule has 1 fully saturated rings. The highest BCUT2D eigenvalue weighted by Gasteiger charge is 2.52. The van der Waals surface area contributed by atoms with Crippen LogP contribution in [0.5, 0.6) is 0 Å². The van der Waals surface area contributed by atoms with E-state index in [-0.39, 0.29) is 30.7 Å². The van der Waals surface area contributed by atoms with Crippen LogP contribution in [0, 0.1) is 11.6 Å². The maximum absolute atomic E-state index is 13.5. The van der Waals surface area contributed by atoms with Gasteiger partial charge >= 0.3 is 0 Å². The Kier molecular flexibility index (Phi) is 5.40. The van der Waals surface area contributed by atoms with Gasteiger partial charge < -0.3 is 10.2 Å². The van der Waals surface area contributed by atoms with Crippen LogP contribution in [-0.4, -0.2) is 39.8 Å². The predicted molar refractivity (Wildman–Crippen MR) is 123 cm³/mol. The number of thiazole rings is 1. The number of hydrogen-bond acceptors (Lipinski definition) is 5. The van der Waals surface area contributed by atoms with Gasteiger partial charge in [0.2, 0.25) is 11.8 Å². The molecule has 2 aliphatic rings. The molecule has 3 amide bonds. The monoisotopic (exact) mass is 482 g/mol. The molecule has 0 saturated carbocycles. The van der Waals surface area contributed by atoms with Gasteiger partial charge in [-0.2, -0.15) is 0 Å². The van der Waals surface area contributed by atoms with E-state index in [2.05, 4.69) is 10.3 Å². The smallest absolute Gasteiger partial charge is 0.257 e. The van der Waals surface area contributed by atoms with Gasteiger partial charge in [0.15, 0.2) is 16.8 Å². The van der Waals surface area contributed by atoms with Crippen LogP contribution in [0.4, 0.5) is 19.6 Å². The normalized spacial score (nSPS) is 19.3. The first kappa shape index (κ1) is 22.1. The molecule has 5 rings (SSSR count). The lowest BCUT2D eigenvalue weighted by Gasteiger charge is -2.48. The second-order valence-corrected chi connectivity index (χ2v) is 9.24. The highest BCUT2D eigenvalue weighted by Crippen LogP contribution is 2.44. The molecule has 10 heteroatoms. The molecule has 1 aromatic heterocycles. The largest absolute Gasteiger partial charge is 0.315 e. The van der Waals surface area contributed by atoms with E-state index in [0.717, 1.165) is 23.5 Å². The summed E-state index contributed by atoms with van der Waals surface area (Å²) in [5, 5.41) is 4.64. The van der Waals surface area contributed by atoms with Crippen LogP contribution >= 0.6 is 11.3 Å². The minimum absolute atomic E-state index is 0.00557. The topological polar surface area (TPSA) is 82.6 Å². The number of aromatic nitrogens is 1. The number of carbonyl (C=O) groups is 3. The van der Waals surface area contributed by atoms with Gasteiger partial charge in [0.05, 0.1) is 16.9 Å². The summed E-state index contributed by atoms with van der Waals surface area (Å²) in [6, 6.07) is 10.5. The van der Waals surface area contributed by atoms with Crippen molar-refractivity contribution in [3.05, 3.63) is 65.0 Å². The molecule has 174 valence electrons. The molecule has 34 heavy (non-hydrogen) atoms. The second-order valence-electron chi connectivity index (χ2n) is 8.39. The van der Waals surface area contributed by atoms with Crippen molar-refractivity contribution in [2.24, 2.45) is 0 Å². The molecule has 1 N–H and O–H groups in total. The van der Waals surface area contributed by atoms with Crippen LogP contribution in [-0.2, 0) is 9.59 Å². The lowest BCUT2D eigenvalue weighted by Crippen LogP contribution is -2.62. The van der Waals surface area contributed by atoms with E-state index in [9.17, 15) is 23.2 Å². The van der Waals surface area contributed by atoms with E-state index in [4.69, 9.17) is 0 Å². The van der Waals surface area contributed by atoms with Crippen molar-refractivity contribution in [2.45, 2.75) is 31.8 Å². The highest BCUT2D eigenvalue weighted by molar-refractivity contribution is 7.14.